The zero-order chi connectivity index (χ0) is 22.5. The minimum atomic E-state index is -0.256. The topological polar surface area (TPSA) is 49.9 Å². The molecule has 164 valence electrons. The second kappa shape index (κ2) is 9.83. The summed E-state index contributed by atoms with van der Waals surface area (Å²) < 4.78 is 19.6. The van der Waals surface area contributed by atoms with Crippen molar-refractivity contribution in [1.29, 1.82) is 0 Å². The van der Waals surface area contributed by atoms with Crippen LogP contribution in [0.3, 0.4) is 0 Å². The Labute approximate surface area is 191 Å². The number of nitrogens with zero attached hydrogens (tertiary/aromatic N) is 2. The molecule has 32 heavy (non-hydrogen) atoms. The maximum absolute atomic E-state index is 14.0. The normalized spacial score (nSPS) is 13.7. The summed E-state index contributed by atoms with van der Waals surface area (Å²) in [6, 6.07) is 20.1. The molecule has 1 aliphatic rings. The molecule has 0 radical (unpaired) electrons. The Bertz CT molecular complexity index is 1090. The molecule has 1 saturated heterocycles. The van der Waals surface area contributed by atoms with E-state index in [4.69, 9.17) is 16.3 Å². The summed E-state index contributed by atoms with van der Waals surface area (Å²) >= 11 is 5.86. The SMILES string of the molecule is O=C(c1ccc(Cl)cc1)c1ccc(OCC(=O)N2CCN(c3ccccc3F)CC2)cc1. The van der Waals surface area contributed by atoms with Gasteiger partial charge in [0.1, 0.15) is 11.6 Å². The van der Waals surface area contributed by atoms with Crippen molar-refractivity contribution in [2.24, 2.45) is 0 Å². The van der Waals surface area contributed by atoms with Crippen molar-refractivity contribution in [2.75, 3.05) is 37.7 Å². The Hall–Kier alpha value is -3.38. The third-order valence-corrected chi connectivity index (χ3v) is 5.66. The number of para-hydroxylation sites is 1. The van der Waals surface area contributed by atoms with Gasteiger partial charge in [-0.3, -0.25) is 9.59 Å². The van der Waals surface area contributed by atoms with Crippen LogP contribution in [0.15, 0.2) is 72.8 Å². The number of hydrogen-bond acceptors (Lipinski definition) is 4. The molecule has 1 aliphatic heterocycles. The van der Waals surface area contributed by atoms with Crippen LogP contribution in [0.1, 0.15) is 15.9 Å². The summed E-state index contributed by atoms with van der Waals surface area (Å²) in [6.45, 7) is 2.04. The highest BCUT2D eigenvalue weighted by atomic mass is 35.5. The van der Waals surface area contributed by atoms with Gasteiger partial charge < -0.3 is 14.5 Å². The minimum absolute atomic E-state index is 0.0931. The molecule has 1 heterocycles. The fourth-order valence-electron chi connectivity index (χ4n) is 3.61. The van der Waals surface area contributed by atoms with E-state index in [-0.39, 0.29) is 24.1 Å². The van der Waals surface area contributed by atoms with Crippen molar-refractivity contribution in [2.45, 2.75) is 0 Å². The molecule has 0 spiro atoms. The number of amides is 1. The zero-order valence-electron chi connectivity index (χ0n) is 17.3. The van der Waals surface area contributed by atoms with E-state index in [2.05, 4.69) is 0 Å². The van der Waals surface area contributed by atoms with Crippen LogP contribution in [0.5, 0.6) is 5.75 Å². The van der Waals surface area contributed by atoms with E-state index in [1.807, 2.05) is 4.90 Å². The third-order valence-electron chi connectivity index (χ3n) is 5.41. The summed E-state index contributed by atoms with van der Waals surface area (Å²) in [6.07, 6.45) is 0. The number of hydrogen-bond donors (Lipinski definition) is 0. The van der Waals surface area contributed by atoms with Gasteiger partial charge in [0.2, 0.25) is 0 Å². The van der Waals surface area contributed by atoms with Gasteiger partial charge >= 0.3 is 0 Å². The molecular formula is C25H22ClFN2O3. The Kier molecular flexibility index (Phi) is 6.71. The van der Waals surface area contributed by atoms with E-state index in [0.717, 1.165) is 0 Å². The van der Waals surface area contributed by atoms with Gasteiger partial charge in [-0.05, 0) is 60.7 Å². The van der Waals surface area contributed by atoms with Crippen molar-refractivity contribution in [3.05, 3.63) is 94.8 Å². The van der Waals surface area contributed by atoms with Gasteiger partial charge in [-0.25, -0.2) is 4.39 Å². The van der Waals surface area contributed by atoms with Gasteiger partial charge in [0.15, 0.2) is 12.4 Å². The van der Waals surface area contributed by atoms with Crippen molar-refractivity contribution < 1.29 is 18.7 Å². The van der Waals surface area contributed by atoms with Gasteiger partial charge in [0.05, 0.1) is 5.69 Å². The second-order valence-electron chi connectivity index (χ2n) is 7.47. The van der Waals surface area contributed by atoms with Crippen molar-refractivity contribution >= 4 is 29.0 Å². The highest BCUT2D eigenvalue weighted by Gasteiger charge is 2.23. The second-order valence-corrected chi connectivity index (χ2v) is 7.90. The van der Waals surface area contributed by atoms with E-state index in [9.17, 15) is 14.0 Å². The lowest BCUT2D eigenvalue weighted by Gasteiger charge is -2.36. The molecule has 0 aromatic heterocycles. The fourth-order valence-corrected chi connectivity index (χ4v) is 3.74. The number of anilines is 1. The average Bonchev–Trinajstić information content (AvgIpc) is 2.83. The van der Waals surface area contributed by atoms with Gasteiger partial charge in [-0.2, -0.15) is 0 Å². The minimum Gasteiger partial charge on any atom is -0.484 e. The lowest BCUT2D eigenvalue weighted by Crippen LogP contribution is -2.50. The molecule has 0 bridgehead atoms. The number of halogens is 2. The Morgan fingerprint density at radius 1 is 0.844 bits per heavy atom. The molecule has 0 unspecified atom stereocenters. The third kappa shape index (κ3) is 5.08. The van der Waals surface area contributed by atoms with Crippen molar-refractivity contribution in [3.63, 3.8) is 0 Å². The van der Waals surface area contributed by atoms with E-state index >= 15 is 0 Å². The van der Waals surface area contributed by atoms with Crippen LogP contribution in [0.25, 0.3) is 0 Å². The summed E-state index contributed by atoms with van der Waals surface area (Å²) in [5.74, 6) is 0.0149. The van der Waals surface area contributed by atoms with Crippen LogP contribution in [0, 0.1) is 5.82 Å². The molecule has 7 heteroatoms. The molecule has 0 saturated carbocycles. The maximum atomic E-state index is 14.0. The van der Waals surface area contributed by atoms with E-state index < -0.39 is 0 Å². The largest absolute Gasteiger partial charge is 0.484 e. The lowest BCUT2D eigenvalue weighted by atomic mass is 10.0. The first-order valence-electron chi connectivity index (χ1n) is 10.3. The summed E-state index contributed by atoms with van der Waals surface area (Å²) in [5.41, 5.74) is 1.63. The number of carbonyl (C=O) groups excluding carboxylic acids is 2. The molecule has 0 aliphatic carbocycles. The molecule has 0 N–H and O–H groups in total. The molecule has 4 rings (SSSR count). The van der Waals surface area contributed by atoms with Crippen LogP contribution in [-0.2, 0) is 4.79 Å². The Morgan fingerprint density at radius 2 is 1.44 bits per heavy atom. The monoisotopic (exact) mass is 452 g/mol. The first kappa shape index (κ1) is 21.8. The van der Waals surface area contributed by atoms with Crippen molar-refractivity contribution in [1.82, 2.24) is 4.90 Å². The predicted molar refractivity (Wildman–Crippen MR) is 122 cm³/mol. The standard InChI is InChI=1S/C25H22ClFN2O3/c26-20-9-5-18(6-10-20)25(31)19-7-11-21(12-8-19)32-17-24(30)29-15-13-28(14-16-29)23-4-2-1-3-22(23)27/h1-12H,13-17H2. The first-order valence-corrected chi connectivity index (χ1v) is 10.7. The zero-order valence-corrected chi connectivity index (χ0v) is 18.1. The summed E-state index contributed by atoms with van der Waals surface area (Å²) in [5, 5.41) is 0.573. The number of ketones is 1. The number of carbonyl (C=O) groups is 2. The highest BCUT2D eigenvalue weighted by Crippen LogP contribution is 2.21. The molecule has 0 atom stereocenters. The Morgan fingerprint density at radius 3 is 2.06 bits per heavy atom. The molecule has 1 fully saturated rings. The van der Waals surface area contributed by atoms with Gasteiger partial charge in [0, 0.05) is 42.3 Å². The number of piperazine rings is 1. The van der Waals surface area contributed by atoms with Crippen LogP contribution >= 0.6 is 11.6 Å². The molecular weight excluding hydrogens is 431 g/mol. The Balaban J connectivity index is 1.27. The summed E-state index contributed by atoms with van der Waals surface area (Å²) in [7, 11) is 0. The van der Waals surface area contributed by atoms with Crippen LogP contribution < -0.4 is 9.64 Å². The molecule has 3 aromatic carbocycles. The van der Waals surface area contributed by atoms with E-state index in [0.29, 0.717) is 53.8 Å². The first-order chi connectivity index (χ1) is 15.5. The molecule has 5 nitrogen and oxygen atoms in total. The predicted octanol–water partition coefficient (Wildman–Crippen LogP) is 4.44. The number of benzene rings is 3. The highest BCUT2D eigenvalue weighted by molar-refractivity contribution is 6.30. The fraction of sp³-hybridized carbons (Fsp3) is 0.200. The van der Waals surface area contributed by atoms with E-state index in [1.165, 1.54) is 6.07 Å². The maximum Gasteiger partial charge on any atom is 0.260 e. The van der Waals surface area contributed by atoms with Crippen LogP contribution in [-0.4, -0.2) is 49.4 Å². The van der Waals surface area contributed by atoms with Gasteiger partial charge in [-0.15, -0.1) is 0 Å². The van der Waals surface area contributed by atoms with E-state index in [1.54, 1.807) is 71.6 Å². The van der Waals surface area contributed by atoms with Crippen LogP contribution in [0.2, 0.25) is 5.02 Å². The number of ether oxygens (including phenoxy) is 1. The average molecular weight is 453 g/mol. The van der Waals surface area contributed by atoms with Gasteiger partial charge in [0.25, 0.3) is 5.91 Å². The lowest BCUT2D eigenvalue weighted by molar-refractivity contribution is -0.133. The summed E-state index contributed by atoms with van der Waals surface area (Å²) in [4.78, 5) is 28.7. The molecule has 1 amide bonds. The smallest absolute Gasteiger partial charge is 0.260 e. The van der Waals surface area contributed by atoms with Crippen LogP contribution in [0.4, 0.5) is 10.1 Å². The molecule has 3 aromatic rings. The quantitative estimate of drug-likeness (QED) is 0.519. The number of rotatable bonds is 6. The van der Waals surface area contributed by atoms with Gasteiger partial charge in [-0.1, -0.05) is 23.7 Å². The van der Waals surface area contributed by atoms with Crippen molar-refractivity contribution in [3.8, 4) is 5.75 Å².